The van der Waals surface area contributed by atoms with Crippen molar-refractivity contribution < 1.29 is 0 Å². The van der Waals surface area contributed by atoms with Crippen LogP contribution in [0.3, 0.4) is 0 Å². The minimum absolute atomic E-state index is 0.803. The Balaban J connectivity index is 1.12. The van der Waals surface area contributed by atoms with Gasteiger partial charge in [0.05, 0.1) is 33.1 Å². The van der Waals surface area contributed by atoms with Gasteiger partial charge in [-0.3, -0.25) is 8.80 Å². The Kier molecular flexibility index (Phi) is 7.50. The molecule has 62 heavy (non-hydrogen) atoms. The molecule has 0 radical (unpaired) electrons. The first kappa shape index (κ1) is 34.4. The van der Waals surface area contributed by atoms with E-state index in [1.807, 2.05) is 24.3 Å². The van der Waals surface area contributed by atoms with Crippen molar-refractivity contribution in [3.05, 3.63) is 206 Å². The Morgan fingerprint density at radius 3 is 1.24 bits per heavy atom. The molecule has 0 atom stereocenters. The number of rotatable bonds is 5. The van der Waals surface area contributed by atoms with E-state index in [-0.39, 0.29) is 0 Å². The zero-order valence-electron chi connectivity index (χ0n) is 33.3. The molecule has 0 unspecified atom stereocenters. The molecule has 4 aromatic heterocycles. The molecule has 0 aliphatic carbocycles. The Morgan fingerprint density at radius 1 is 0.258 bits per heavy atom. The second kappa shape index (κ2) is 13.5. The van der Waals surface area contributed by atoms with Crippen LogP contribution < -0.4 is 0 Å². The van der Waals surface area contributed by atoms with E-state index in [4.69, 9.17) is 19.9 Å². The molecule has 13 aromatic rings. The van der Waals surface area contributed by atoms with Crippen molar-refractivity contribution in [2.75, 3.05) is 0 Å². The molecule has 0 saturated carbocycles. The normalized spacial score (nSPS) is 11.9. The lowest BCUT2D eigenvalue weighted by Crippen LogP contribution is -2.01. The number of imidazole rings is 2. The van der Waals surface area contributed by atoms with E-state index in [1.165, 1.54) is 10.8 Å². The number of nitrogens with zero attached hydrogens (tertiary/aromatic N) is 6. The summed E-state index contributed by atoms with van der Waals surface area (Å²) in [5.74, 6) is 1.61. The fourth-order valence-corrected chi connectivity index (χ4v) is 9.22. The molecular formula is C56H34N6. The highest BCUT2D eigenvalue weighted by molar-refractivity contribution is 6.03. The third-order valence-electron chi connectivity index (χ3n) is 12.2. The van der Waals surface area contributed by atoms with Gasteiger partial charge in [0.1, 0.15) is 22.9 Å². The van der Waals surface area contributed by atoms with Crippen LogP contribution in [0.4, 0.5) is 0 Å². The van der Waals surface area contributed by atoms with Crippen molar-refractivity contribution in [3.63, 3.8) is 0 Å². The molecule has 0 spiro atoms. The van der Waals surface area contributed by atoms with Crippen LogP contribution in [0.2, 0.25) is 0 Å². The van der Waals surface area contributed by atoms with Crippen molar-refractivity contribution in [2.45, 2.75) is 0 Å². The number of fused-ring (bicyclic) bond motifs is 11. The standard InChI is InChI=1S/C56H34N6/c1-3-13-35(14-4-1)40-25-27-47-45(33-40)55-59-49-19-9-11-21-51(49)61(55)53(57-47)43-30-42(39-24-23-37-17-7-8-18-38(37)29-39)31-44(32-43)54-58-48-28-26-41(36-15-5-2-6-16-36)34-46(48)56-60-50-20-10-12-22-52(50)62(54)56/h1-34H. The van der Waals surface area contributed by atoms with Gasteiger partial charge in [-0.15, -0.1) is 0 Å². The van der Waals surface area contributed by atoms with Crippen LogP contribution in [0.1, 0.15) is 0 Å². The van der Waals surface area contributed by atoms with Gasteiger partial charge in [-0.05, 0) is 117 Å². The van der Waals surface area contributed by atoms with Gasteiger partial charge in [0.2, 0.25) is 0 Å². The summed E-state index contributed by atoms with van der Waals surface area (Å²) in [5, 5.41) is 4.37. The van der Waals surface area contributed by atoms with Gasteiger partial charge in [-0.1, -0.05) is 133 Å². The summed E-state index contributed by atoms with van der Waals surface area (Å²) in [7, 11) is 0. The maximum absolute atomic E-state index is 5.52. The summed E-state index contributed by atoms with van der Waals surface area (Å²) in [4.78, 5) is 21.6. The van der Waals surface area contributed by atoms with Gasteiger partial charge >= 0.3 is 0 Å². The van der Waals surface area contributed by atoms with Crippen LogP contribution in [0.5, 0.6) is 0 Å². The first-order valence-electron chi connectivity index (χ1n) is 20.9. The second-order valence-electron chi connectivity index (χ2n) is 15.9. The second-order valence-corrected chi connectivity index (χ2v) is 15.9. The fraction of sp³-hybridized carbons (Fsp3) is 0. The average Bonchev–Trinajstić information content (AvgIpc) is 3.94. The minimum atomic E-state index is 0.803. The summed E-state index contributed by atoms with van der Waals surface area (Å²) in [6, 6.07) is 72.7. The molecule has 0 saturated heterocycles. The summed E-state index contributed by atoms with van der Waals surface area (Å²) < 4.78 is 4.47. The first-order valence-corrected chi connectivity index (χ1v) is 20.9. The number of para-hydroxylation sites is 4. The Hall–Kier alpha value is -8.48. The van der Waals surface area contributed by atoms with E-state index in [0.717, 1.165) is 111 Å². The number of hydrogen-bond acceptors (Lipinski definition) is 4. The van der Waals surface area contributed by atoms with Crippen molar-refractivity contribution in [3.8, 4) is 56.2 Å². The number of aromatic nitrogens is 6. The summed E-state index contributed by atoms with van der Waals surface area (Å²) >= 11 is 0. The molecule has 6 nitrogen and oxygen atoms in total. The smallest absolute Gasteiger partial charge is 0.149 e. The monoisotopic (exact) mass is 790 g/mol. The molecule has 0 aliphatic heterocycles. The van der Waals surface area contributed by atoms with E-state index in [0.29, 0.717) is 0 Å². The zero-order chi connectivity index (χ0) is 40.7. The Labute approximate surface area is 355 Å². The molecule has 0 amide bonds. The molecule has 0 bridgehead atoms. The summed E-state index contributed by atoms with van der Waals surface area (Å²) in [6.45, 7) is 0. The van der Waals surface area contributed by atoms with Crippen molar-refractivity contribution in [1.29, 1.82) is 0 Å². The van der Waals surface area contributed by atoms with E-state index in [2.05, 4.69) is 191 Å². The van der Waals surface area contributed by atoms with Crippen LogP contribution in [0.25, 0.3) is 122 Å². The number of hydrogen-bond donors (Lipinski definition) is 0. The van der Waals surface area contributed by atoms with Crippen molar-refractivity contribution >= 4 is 65.9 Å². The average molecular weight is 791 g/mol. The summed E-state index contributed by atoms with van der Waals surface area (Å²) in [5.41, 5.74) is 15.9. The lowest BCUT2D eigenvalue weighted by Gasteiger charge is -2.16. The topological polar surface area (TPSA) is 60.4 Å². The highest BCUT2D eigenvalue weighted by Gasteiger charge is 2.21. The first-order chi connectivity index (χ1) is 30.7. The van der Waals surface area contributed by atoms with Crippen LogP contribution in [0.15, 0.2) is 206 Å². The molecule has 9 aromatic carbocycles. The minimum Gasteiger partial charge on any atom is -0.276 e. The van der Waals surface area contributed by atoms with Crippen LogP contribution in [-0.2, 0) is 0 Å². The van der Waals surface area contributed by atoms with Gasteiger partial charge < -0.3 is 0 Å². The molecule has 0 aliphatic rings. The highest BCUT2D eigenvalue weighted by atomic mass is 15.1. The predicted molar refractivity (Wildman–Crippen MR) is 254 cm³/mol. The predicted octanol–water partition coefficient (Wildman–Crippen LogP) is 13.9. The van der Waals surface area contributed by atoms with Crippen LogP contribution in [-0.4, -0.2) is 28.7 Å². The van der Waals surface area contributed by atoms with E-state index in [1.54, 1.807) is 0 Å². The third-order valence-corrected chi connectivity index (χ3v) is 12.2. The zero-order valence-corrected chi connectivity index (χ0v) is 33.3. The van der Waals surface area contributed by atoms with Crippen molar-refractivity contribution in [1.82, 2.24) is 28.7 Å². The van der Waals surface area contributed by atoms with Gasteiger partial charge in [0.15, 0.2) is 0 Å². The maximum atomic E-state index is 5.52. The van der Waals surface area contributed by atoms with E-state index in [9.17, 15) is 0 Å². The van der Waals surface area contributed by atoms with Crippen LogP contribution in [0, 0.1) is 0 Å². The largest absolute Gasteiger partial charge is 0.276 e. The molecule has 0 fully saturated rings. The molecular weight excluding hydrogens is 757 g/mol. The maximum Gasteiger partial charge on any atom is 0.149 e. The summed E-state index contributed by atoms with van der Waals surface area (Å²) in [6.07, 6.45) is 0. The van der Waals surface area contributed by atoms with Gasteiger partial charge in [-0.25, -0.2) is 19.9 Å². The van der Waals surface area contributed by atoms with Gasteiger partial charge in [-0.2, -0.15) is 0 Å². The van der Waals surface area contributed by atoms with Gasteiger partial charge in [0.25, 0.3) is 0 Å². The molecule has 0 N–H and O–H groups in total. The fourth-order valence-electron chi connectivity index (χ4n) is 9.22. The lowest BCUT2D eigenvalue weighted by molar-refractivity contribution is 1.15. The third kappa shape index (κ3) is 5.44. The van der Waals surface area contributed by atoms with E-state index < -0.39 is 0 Å². The Morgan fingerprint density at radius 2 is 0.694 bits per heavy atom. The highest BCUT2D eigenvalue weighted by Crippen LogP contribution is 2.39. The molecule has 13 rings (SSSR count). The van der Waals surface area contributed by atoms with E-state index >= 15 is 0 Å². The van der Waals surface area contributed by atoms with Crippen molar-refractivity contribution in [2.24, 2.45) is 0 Å². The molecule has 6 heteroatoms. The van der Waals surface area contributed by atoms with Gasteiger partial charge in [0, 0.05) is 21.9 Å². The molecule has 288 valence electrons. The van der Waals surface area contributed by atoms with Crippen LogP contribution >= 0.6 is 0 Å². The molecule has 4 heterocycles. The number of benzene rings is 9. The Bertz CT molecular complexity index is 3710. The quantitative estimate of drug-likeness (QED) is 0.174. The SMILES string of the molecule is c1ccc(-c2ccc3nc(-c4cc(-c5ccc6ccccc6c5)cc(-c5nc6ccc(-c7ccccc7)cc6c6nc7ccccc7n56)c4)n4c5ccccc5nc4c3c2)cc1. The lowest BCUT2D eigenvalue weighted by atomic mass is 9.96.